The van der Waals surface area contributed by atoms with Gasteiger partial charge in [0.05, 0.1) is 11.8 Å². The summed E-state index contributed by atoms with van der Waals surface area (Å²) in [7, 11) is 1.92. The van der Waals surface area contributed by atoms with Crippen LogP contribution in [0.25, 0.3) is 0 Å². The lowest BCUT2D eigenvalue weighted by Gasteiger charge is -2.06. The Balaban J connectivity index is 2.17. The smallest absolute Gasteiger partial charge is 0.0524 e. The van der Waals surface area contributed by atoms with Crippen molar-refractivity contribution in [3.63, 3.8) is 0 Å². The zero-order chi connectivity index (χ0) is 9.68. The largest absolute Gasteiger partial charge is 0.393 e. The first-order chi connectivity index (χ1) is 6.20. The molecule has 13 heavy (non-hydrogen) atoms. The summed E-state index contributed by atoms with van der Waals surface area (Å²) < 4.78 is 1.84. The lowest BCUT2D eigenvalue weighted by molar-refractivity contribution is 0.183. The molecule has 0 aliphatic rings. The van der Waals surface area contributed by atoms with Crippen molar-refractivity contribution in [2.45, 2.75) is 26.0 Å². The van der Waals surface area contributed by atoms with Gasteiger partial charge < -0.3 is 10.4 Å². The van der Waals surface area contributed by atoms with Crippen LogP contribution < -0.4 is 5.32 Å². The second-order valence-corrected chi connectivity index (χ2v) is 3.26. The Morgan fingerprint density at radius 2 is 2.46 bits per heavy atom. The van der Waals surface area contributed by atoms with Gasteiger partial charge in [0.25, 0.3) is 0 Å². The number of aliphatic hydroxyl groups excluding tert-OH is 1. The first-order valence-electron chi connectivity index (χ1n) is 4.56. The van der Waals surface area contributed by atoms with E-state index < -0.39 is 0 Å². The van der Waals surface area contributed by atoms with Crippen molar-refractivity contribution in [1.29, 1.82) is 0 Å². The summed E-state index contributed by atoms with van der Waals surface area (Å²) >= 11 is 0. The van der Waals surface area contributed by atoms with Gasteiger partial charge in [-0.05, 0) is 26.0 Å². The van der Waals surface area contributed by atoms with Crippen LogP contribution in [0.1, 0.15) is 19.0 Å². The number of rotatable bonds is 5. The van der Waals surface area contributed by atoms with E-state index in [0.717, 1.165) is 25.2 Å². The van der Waals surface area contributed by atoms with Crippen LogP contribution in [-0.4, -0.2) is 27.5 Å². The standard InChI is InChI=1S/C9H17N3O/c1-8(13)3-5-10-7-9-4-6-11-12(9)2/h4,6,8,10,13H,3,5,7H2,1-2H3. The number of hydrogen-bond donors (Lipinski definition) is 2. The fourth-order valence-corrected chi connectivity index (χ4v) is 1.10. The van der Waals surface area contributed by atoms with E-state index in [4.69, 9.17) is 5.11 Å². The summed E-state index contributed by atoms with van der Waals surface area (Å²) in [5.74, 6) is 0. The number of aromatic nitrogens is 2. The van der Waals surface area contributed by atoms with Crippen molar-refractivity contribution in [2.75, 3.05) is 6.54 Å². The molecule has 74 valence electrons. The van der Waals surface area contributed by atoms with Crippen LogP contribution >= 0.6 is 0 Å². The Labute approximate surface area is 78.6 Å². The average molecular weight is 183 g/mol. The Morgan fingerprint density at radius 3 is 3.00 bits per heavy atom. The lowest BCUT2D eigenvalue weighted by Crippen LogP contribution is -2.20. The molecule has 0 bridgehead atoms. The van der Waals surface area contributed by atoms with Gasteiger partial charge in [-0.15, -0.1) is 0 Å². The Hall–Kier alpha value is -0.870. The van der Waals surface area contributed by atoms with E-state index in [1.54, 1.807) is 13.1 Å². The van der Waals surface area contributed by atoms with Crippen molar-refractivity contribution in [3.05, 3.63) is 18.0 Å². The highest BCUT2D eigenvalue weighted by atomic mass is 16.3. The molecule has 1 atom stereocenters. The third-order valence-electron chi connectivity index (χ3n) is 1.97. The van der Waals surface area contributed by atoms with Gasteiger partial charge in [-0.3, -0.25) is 4.68 Å². The molecule has 0 spiro atoms. The van der Waals surface area contributed by atoms with Crippen molar-refractivity contribution in [2.24, 2.45) is 7.05 Å². The van der Waals surface area contributed by atoms with E-state index in [1.807, 2.05) is 17.8 Å². The van der Waals surface area contributed by atoms with Crippen molar-refractivity contribution in [3.8, 4) is 0 Å². The van der Waals surface area contributed by atoms with Gasteiger partial charge in [-0.1, -0.05) is 0 Å². The van der Waals surface area contributed by atoms with E-state index in [9.17, 15) is 0 Å². The minimum atomic E-state index is -0.223. The summed E-state index contributed by atoms with van der Waals surface area (Å²) in [5, 5.41) is 16.3. The first kappa shape index (κ1) is 10.2. The summed E-state index contributed by atoms with van der Waals surface area (Å²) in [6.45, 7) is 3.44. The third-order valence-corrected chi connectivity index (χ3v) is 1.97. The highest BCUT2D eigenvalue weighted by Gasteiger charge is 1.98. The molecule has 0 radical (unpaired) electrons. The first-order valence-corrected chi connectivity index (χ1v) is 4.56. The van der Waals surface area contributed by atoms with Crippen LogP contribution in [-0.2, 0) is 13.6 Å². The molecule has 0 aliphatic heterocycles. The molecule has 0 saturated carbocycles. The maximum Gasteiger partial charge on any atom is 0.0524 e. The van der Waals surface area contributed by atoms with E-state index >= 15 is 0 Å². The fourth-order valence-electron chi connectivity index (χ4n) is 1.10. The molecule has 0 amide bonds. The molecule has 1 aromatic rings. The minimum absolute atomic E-state index is 0.223. The number of nitrogens with one attached hydrogen (secondary N) is 1. The Kier molecular flexibility index (Phi) is 3.92. The normalized spacial score (nSPS) is 13.2. The third kappa shape index (κ3) is 3.57. The van der Waals surface area contributed by atoms with Crippen molar-refractivity contribution >= 4 is 0 Å². The van der Waals surface area contributed by atoms with Crippen LogP contribution in [0, 0.1) is 0 Å². The SMILES string of the molecule is CC(O)CCNCc1ccnn1C. The van der Waals surface area contributed by atoms with Crippen LogP contribution in [0.2, 0.25) is 0 Å². The molecule has 0 aliphatic carbocycles. The van der Waals surface area contributed by atoms with Crippen LogP contribution in [0.15, 0.2) is 12.3 Å². The second kappa shape index (κ2) is 4.99. The highest BCUT2D eigenvalue weighted by Crippen LogP contribution is 1.95. The van der Waals surface area contributed by atoms with Crippen LogP contribution in [0.5, 0.6) is 0 Å². The molecule has 1 aromatic heterocycles. The Morgan fingerprint density at radius 1 is 1.69 bits per heavy atom. The predicted molar refractivity (Wildman–Crippen MR) is 51.2 cm³/mol. The highest BCUT2D eigenvalue weighted by molar-refractivity contribution is 4.98. The fraction of sp³-hybridized carbons (Fsp3) is 0.667. The summed E-state index contributed by atoms with van der Waals surface area (Å²) in [6, 6.07) is 1.98. The van der Waals surface area contributed by atoms with Crippen LogP contribution in [0.4, 0.5) is 0 Å². The Bertz CT molecular complexity index is 245. The monoisotopic (exact) mass is 183 g/mol. The van der Waals surface area contributed by atoms with E-state index in [2.05, 4.69) is 10.4 Å². The number of aliphatic hydroxyl groups is 1. The van der Waals surface area contributed by atoms with Gasteiger partial charge in [0, 0.05) is 19.8 Å². The molecular formula is C9H17N3O. The van der Waals surface area contributed by atoms with Gasteiger partial charge in [0.1, 0.15) is 0 Å². The zero-order valence-corrected chi connectivity index (χ0v) is 8.20. The zero-order valence-electron chi connectivity index (χ0n) is 8.20. The minimum Gasteiger partial charge on any atom is -0.393 e. The average Bonchev–Trinajstić information content (AvgIpc) is 2.45. The maximum atomic E-state index is 9.01. The van der Waals surface area contributed by atoms with Gasteiger partial charge in [0.15, 0.2) is 0 Å². The number of hydrogen-bond acceptors (Lipinski definition) is 3. The molecule has 1 heterocycles. The van der Waals surface area contributed by atoms with Gasteiger partial charge in [-0.2, -0.15) is 5.10 Å². The van der Waals surface area contributed by atoms with Crippen molar-refractivity contribution < 1.29 is 5.11 Å². The molecule has 4 heteroatoms. The van der Waals surface area contributed by atoms with E-state index in [1.165, 1.54) is 0 Å². The van der Waals surface area contributed by atoms with E-state index in [-0.39, 0.29) is 6.10 Å². The van der Waals surface area contributed by atoms with Gasteiger partial charge >= 0.3 is 0 Å². The van der Waals surface area contributed by atoms with Gasteiger partial charge in [0.2, 0.25) is 0 Å². The molecule has 1 rings (SSSR count). The maximum absolute atomic E-state index is 9.01. The number of aryl methyl sites for hydroxylation is 1. The van der Waals surface area contributed by atoms with Gasteiger partial charge in [-0.25, -0.2) is 0 Å². The predicted octanol–water partition coefficient (Wildman–Crippen LogP) is 0.281. The van der Waals surface area contributed by atoms with E-state index in [0.29, 0.717) is 0 Å². The molecule has 4 nitrogen and oxygen atoms in total. The molecule has 0 saturated heterocycles. The lowest BCUT2D eigenvalue weighted by atomic mass is 10.3. The summed E-state index contributed by atoms with van der Waals surface area (Å²) in [6.07, 6.45) is 2.35. The molecule has 2 N–H and O–H groups in total. The molecule has 0 fully saturated rings. The number of nitrogens with zero attached hydrogens (tertiary/aromatic N) is 2. The molecule has 1 unspecified atom stereocenters. The van der Waals surface area contributed by atoms with Crippen molar-refractivity contribution in [1.82, 2.24) is 15.1 Å². The summed E-state index contributed by atoms with van der Waals surface area (Å²) in [5.41, 5.74) is 1.16. The molecular weight excluding hydrogens is 166 g/mol. The summed E-state index contributed by atoms with van der Waals surface area (Å²) in [4.78, 5) is 0. The van der Waals surface area contributed by atoms with Crippen LogP contribution in [0.3, 0.4) is 0 Å². The quantitative estimate of drug-likeness (QED) is 0.645. The molecule has 0 aromatic carbocycles. The topological polar surface area (TPSA) is 50.1 Å². The second-order valence-electron chi connectivity index (χ2n) is 3.26.